The fourth-order valence-corrected chi connectivity index (χ4v) is 1.31. The van der Waals surface area contributed by atoms with Crippen LogP contribution in [0.25, 0.3) is 0 Å². The summed E-state index contributed by atoms with van der Waals surface area (Å²) in [7, 11) is 0. The highest BCUT2D eigenvalue weighted by Gasteiger charge is 2.26. The van der Waals surface area contributed by atoms with Crippen LogP contribution in [0.4, 0.5) is 0 Å². The van der Waals surface area contributed by atoms with Gasteiger partial charge in [-0.1, -0.05) is 0 Å². The molecule has 1 aromatic heterocycles. The smallest absolute Gasteiger partial charge is 0.309 e. The highest BCUT2D eigenvalue weighted by molar-refractivity contribution is 5.73. The highest BCUT2D eigenvalue weighted by Crippen LogP contribution is 2.22. The second-order valence-corrected chi connectivity index (χ2v) is 4.50. The maximum atomic E-state index is 10.9. The van der Waals surface area contributed by atoms with Crippen molar-refractivity contribution >= 4 is 5.97 Å². The Morgan fingerprint density at radius 1 is 1.50 bits per heavy atom. The molecule has 0 unspecified atom stereocenters. The van der Waals surface area contributed by atoms with Gasteiger partial charge < -0.3 is 10.2 Å². The van der Waals surface area contributed by atoms with E-state index in [9.17, 15) is 4.79 Å². The van der Waals surface area contributed by atoms with E-state index in [1.165, 1.54) is 0 Å². The topological polar surface area (TPSA) is 70.4 Å². The van der Waals surface area contributed by atoms with Gasteiger partial charge in [-0.15, -0.1) is 0 Å². The van der Waals surface area contributed by atoms with Gasteiger partial charge in [0.1, 0.15) is 0 Å². The average molecular weight is 223 g/mol. The minimum atomic E-state index is -0.800. The van der Waals surface area contributed by atoms with Gasteiger partial charge in [0.15, 0.2) is 0 Å². The quantitative estimate of drug-likeness (QED) is 0.795. The molecule has 1 rings (SSSR count). The van der Waals surface area contributed by atoms with Gasteiger partial charge in [0.25, 0.3) is 0 Å². The Hall–Kier alpha value is -1.42. The molecule has 4 nitrogen and oxygen atoms in total. The molecular weight excluding hydrogens is 206 g/mol. The van der Waals surface area contributed by atoms with Crippen molar-refractivity contribution < 1.29 is 15.0 Å². The van der Waals surface area contributed by atoms with Gasteiger partial charge in [-0.05, 0) is 44.4 Å². The van der Waals surface area contributed by atoms with Crippen LogP contribution >= 0.6 is 0 Å². The first-order chi connectivity index (χ1) is 7.45. The first kappa shape index (κ1) is 12.6. The largest absolute Gasteiger partial charge is 0.481 e. The fraction of sp³-hybridized carbons (Fsp3) is 0.500. The number of nitrogens with zero attached hydrogens (tertiary/aromatic N) is 1. The number of pyridine rings is 1. The van der Waals surface area contributed by atoms with Crippen molar-refractivity contribution in [2.45, 2.75) is 33.3 Å². The number of carbonyl (C=O) groups is 1. The molecule has 88 valence electrons. The molecule has 0 spiro atoms. The van der Waals surface area contributed by atoms with Crippen molar-refractivity contribution in [3.8, 4) is 0 Å². The summed E-state index contributed by atoms with van der Waals surface area (Å²) < 4.78 is 0. The van der Waals surface area contributed by atoms with E-state index in [0.29, 0.717) is 12.8 Å². The predicted molar refractivity (Wildman–Crippen MR) is 59.9 cm³/mol. The van der Waals surface area contributed by atoms with Crippen molar-refractivity contribution in [2.24, 2.45) is 5.41 Å². The van der Waals surface area contributed by atoms with Crippen LogP contribution < -0.4 is 0 Å². The lowest BCUT2D eigenvalue weighted by molar-refractivity contribution is -0.147. The molecule has 0 aliphatic rings. The Morgan fingerprint density at radius 3 is 2.75 bits per heavy atom. The van der Waals surface area contributed by atoms with Crippen LogP contribution in [-0.2, 0) is 17.8 Å². The van der Waals surface area contributed by atoms with Crippen LogP contribution in [0.15, 0.2) is 18.3 Å². The van der Waals surface area contributed by atoms with Crippen LogP contribution in [0, 0.1) is 5.41 Å². The Labute approximate surface area is 95.0 Å². The lowest BCUT2D eigenvalue weighted by Crippen LogP contribution is -2.24. The summed E-state index contributed by atoms with van der Waals surface area (Å²) in [6, 6.07) is 3.55. The van der Waals surface area contributed by atoms with E-state index in [1.807, 2.05) is 0 Å². The molecular formula is C12H17NO3. The van der Waals surface area contributed by atoms with Crippen LogP contribution in [0.3, 0.4) is 0 Å². The van der Waals surface area contributed by atoms with Crippen LogP contribution in [0.2, 0.25) is 0 Å². The van der Waals surface area contributed by atoms with E-state index in [2.05, 4.69) is 4.98 Å². The molecule has 1 heterocycles. The Balaban J connectivity index is 2.64. The van der Waals surface area contributed by atoms with Crippen molar-refractivity contribution in [1.82, 2.24) is 4.98 Å². The van der Waals surface area contributed by atoms with Gasteiger partial charge in [0, 0.05) is 11.9 Å². The van der Waals surface area contributed by atoms with Gasteiger partial charge in [0.2, 0.25) is 0 Å². The maximum absolute atomic E-state index is 10.9. The molecule has 0 amide bonds. The number of aliphatic carboxylic acids is 1. The Bertz CT molecular complexity index is 374. The summed E-state index contributed by atoms with van der Waals surface area (Å²) in [6.45, 7) is 3.38. The molecule has 1 aromatic rings. The monoisotopic (exact) mass is 223 g/mol. The molecule has 0 aromatic carbocycles. The van der Waals surface area contributed by atoms with Crippen LogP contribution in [0.1, 0.15) is 31.5 Å². The van der Waals surface area contributed by atoms with Gasteiger partial charge in [0.05, 0.1) is 12.0 Å². The molecule has 0 aliphatic heterocycles. The van der Waals surface area contributed by atoms with Gasteiger partial charge in [-0.25, -0.2) is 0 Å². The number of aryl methyl sites for hydroxylation is 1. The van der Waals surface area contributed by atoms with E-state index in [4.69, 9.17) is 10.2 Å². The molecule has 0 saturated carbocycles. The van der Waals surface area contributed by atoms with Crippen molar-refractivity contribution in [3.05, 3.63) is 29.6 Å². The van der Waals surface area contributed by atoms with Crippen molar-refractivity contribution in [3.63, 3.8) is 0 Å². The Kier molecular flexibility index (Phi) is 4.01. The number of aliphatic hydroxyl groups is 1. The molecule has 4 heteroatoms. The number of hydrogen-bond donors (Lipinski definition) is 2. The molecule has 2 N–H and O–H groups in total. The molecule has 0 aliphatic carbocycles. The van der Waals surface area contributed by atoms with Crippen molar-refractivity contribution in [1.29, 1.82) is 0 Å². The molecule has 16 heavy (non-hydrogen) atoms. The average Bonchev–Trinajstić information content (AvgIpc) is 2.26. The second kappa shape index (κ2) is 5.07. The zero-order valence-electron chi connectivity index (χ0n) is 9.60. The van der Waals surface area contributed by atoms with Crippen LogP contribution in [-0.4, -0.2) is 21.2 Å². The number of hydrogen-bond acceptors (Lipinski definition) is 3. The number of rotatable bonds is 5. The minimum Gasteiger partial charge on any atom is -0.481 e. The number of carboxylic acids is 1. The lowest BCUT2D eigenvalue weighted by atomic mass is 9.87. The van der Waals surface area contributed by atoms with E-state index in [0.717, 1.165) is 11.3 Å². The normalized spacial score (nSPS) is 11.4. The molecule has 0 radical (unpaired) electrons. The first-order valence-electron chi connectivity index (χ1n) is 5.24. The van der Waals surface area contributed by atoms with Crippen LogP contribution in [0.5, 0.6) is 0 Å². The standard InChI is InChI=1S/C12H17NO3/c1-12(2,11(15)16)5-3-10-7-9(8-14)4-6-13-10/h4,6-7,14H,3,5,8H2,1-2H3,(H,15,16). The number of carboxylic acid groups (broad SMARTS) is 1. The van der Waals surface area contributed by atoms with E-state index in [1.54, 1.807) is 32.2 Å². The summed E-state index contributed by atoms with van der Waals surface area (Å²) in [5, 5.41) is 17.9. The van der Waals surface area contributed by atoms with Gasteiger partial charge in [-0.3, -0.25) is 9.78 Å². The number of aliphatic hydroxyl groups excluding tert-OH is 1. The molecule has 0 bridgehead atoms. The Morgan fingerprint density at radius 2 is 2.19 bits per heavy atom. The summed E-state index contributed by atoms with van der Waals surface area (Å²) in [6.07, 6.45) is 2.77. The maximum Gasteiger partial charge on any atom is 0.309 e. The zero-order chi connectivity index (χ0) is 12.2. The highest BCUT2D eigenvalue weighted by atomic mass is 16.4. The van der Waals surface area contributed by atoms with Crippen molar-refractivity contribution in [2.75, 3.05) is 0 Å². The minimum absolute atomic E-state index is 0.0160. The summed E-state index contributed by atoms with van der Waals surface area (Å²) >= 11 is 0. The first-order valence-corrected chi connectivity index (χ1v) is 5.24. The lowest BCUT2D eigenvalue weighted by Gasteiger charge is -2.18. The number of aromatic nitrogens is 1. The molecule has 0 saturated heterocycles. The summed E-state index contributed by atoms with van der Waals surface area (Å²) in [5.41, 5.74) is 0.885. The SMILES string of the molecule is CC(C)(CCc1cc(CO)ccn1)C(=O)O. The summed E-state index contributed by atoms with van der Waals surface area (Å²) in [4.78, 5) is 15.1. The van der Waals surface area contributed by atoms with E-state index in [-0.39, 0.29) is 6.61 Å². The second-order valence-electron chi connectivity index (χ2n) is 4.50. The molecule has 0 fully saturated rings. The third kappa shape index (κ3) is 3.31. The van der Waals surface area contributed by atoms with Gasteiger partial charge in [-0.2, -0.15) is 0 Å². The zero-order valence-corrected chi connectivity index (χ0v) is 9.60. The predicted octanol–water partition coefficient (Wildman–Crippen LogP) is 1.62. The molecule has 0 atom stereocenters. The van der Waals surface area contributed by atoms with E-state index < -0.39 is 11.4 Å². The third-order valence-electron chi connectivity index (χ3n) is 2.65. The van der Waals surface area contributed by atoms with E-state index >= 15 is 0 Å². The third-order valence-corrected chi connectivity index (χ3v) is 2.65. The summed E-state index contributed by atoms with van der Waals surface area (Å²) in [5.74, 6) is -0.800. The van der Waals surface area contributed by atoms with Gasteiger partial charge >= 0.3 is 5.97 Å². The fourth-order valence-electron chi connectivity index (χ4n) is 1.31.